The quantitative estimate of drug-likeness (QED) is 0.698. The average molecular weight is 236 g/mol. The van der Waals surface area contributed by atoms with E-state index >= 15 is 0 Å². The SMILES string of the molecule is COCCNCC/C=C/c1ncccc1OC. The highest BCUT2D eigenvalue weighted by Crippen LogP contribution is 2.15. The van der Waals surface area contributed by atoms with Gasteiger partial charge in [0, 0.05) is 19.9 Å². The van der Waals surface area contributed by atoms with Crippen molar-refractivity contribution in [2.45, 2.75) is 6.42 Å². The highest BCUT2D eigenvalue weighted by atomic mass is 16.5. The summed E-state index contributed by atoms with van der Waals surface area (Å²) < 4.78 is 10.2. The average Bonchev–Trinajstić information content (AvgIpc) is 2.38. The standard InChI is InChI=1S/C13H20N2O2/c1-16-11-10-14-8-4-3-6-12-13(17-2)7-5-9-15-12/h3,5-7,9,14H,4,8,10-11H2,1-2H3/b6-3+. The predicted octanol–water partition coefficient (Wildman–Crippen LogP) is 1.73. The summed E-state index contributed by atoms with van der Waals surface area (Å²) in [6, 6.07) is 3.77. The molecule has 0 aromatic carbocycles. The summed E-state index contributed by atoms with van der Waals surface area (Å²) in [7, 11) is 3.36. The molecule has 0 fully saturated rings. The van der Waals surface area contributed by atoms with E-state index in [1.54, 1.807) is 20.4 Å². The monoisotopic (exact) mass is 236 g/mol. The molecule has 0 unspecified atom stereocenters. The van der Waals surface area contributed by atoms with Crippen molar-refractivity contribution < 1.29 is 9.47 Å². The zero-order valence-corrected chi connectivity index (χ0v) is 10.5. The van der Waals surface area contributed by atoms with Crippen LogP contribution in [0.25, 0.3) is 6.08 Å². The number of rotatable bonds is 8. The Hall–Kier alpha value is -1.39. The maximum absolute atomic E-state index is 5.21. The summed E-state index contributed by atoms with van der Waals surface area (Å²) >= 11 is 0. The first-order valence-corrected chi connectivity index (χ1v) is 5.73. The molecule has 94 valence electrons. The fourth-order valence-corrected chi connectivity index (χ4v) is 1.38. The van der Waals surface area contributed by atoms with Crippen LogP contribution in [0.2, 0.25) is 0 Å². The van der Waals surface area contributed by atoms with Gasteiger partial charge in [-0.2, -0.15) is 0 Å². The summed E-state index contributed by atoms with van der Waals surface area (Å²) in [6.07, 6.45) is 6.80. The number of aromatic nitrogens is 1. The molecule has 4 nitrogen and oxygen atoms in total. The van der Waals surface area contributed by atoms with E-state index in [4.69, 9.17) is 9.47 Å². The third-order valence-electron chi connectivity index (χ3n) is 2.27. The molecule has 0 spiro atoms. The van der Waals surface area contributed by atoms with Gasteiger partial charge in [0.2, 0.25) is 0 Å². The van der Waals surface area contributed by atoms with Crippen molar-refractivity contribution in [1.29, 1.82) is 0 Å². The molecule has 0 atom stereocenters. The van der Waals surface area contributed by atoms with E-state index in [1.165, 1.54) is 0 Å². The van der Waals surface area contributed by atoms with Crippen molar-refractivity contribution in [2.24, 2.45) is 0 Å². The number of methoxy groups -OCH3 is 2. The fourth-order valence-electron chi connectivity index (χ4n) is 1.38. The molecular weight excluding hydrogens is 216 g/mol. The summed E-state index contributed by atoms with van der Waals surface area (Å²) in [6.45, 7) is 2.57. The highest BCUT2D eigenvalue weighted by Gasteiger charge is 1.97. The van der Waals surface area contributed by atoms with E-state index in [1.807, 2.05) is 18.2 Å². The molecule has 1 aromatic rings. The molecule has 0 aliphatic rings. The molecule has 4 heteroatoms. The zero-order valence-electron chi connectivity index (χ0n) is 10.5. The van der Waals surface area contributed by atoms with E-state index in [9.17, 15) is 0 Å². The third kappa shape index (κ3) is 5.47. The van der Waals surface area contributed by atoms with Crippen LogP contribution in [0, 0.1) is 0 Å². The van der Waals surface area contributed by atoms with Gasteiger partial charge in [0.05, 0.1) is 13.7 Å². The summed E-state index contributed by atoms with van der Waals surface area (Å²) in [5.74, 6) is 0.802. The number of hydrogen-bond donors (Lipinski definition) is 1. The first-order chi connectivity index (χ1) is 8.38. The van der Waals surface area contributed by atoms with Gasteiger partial charge in [-0.05, 0) is 31.2 Å². The third-order valence-corrected chi connectivity index (χ3v) is 2.27. The molecule has 0 saturated heterocycles. The normalized spacial score (nSPS) is 10.9. The van der Waals surface area contributed by atoms with Gasteiger partial charge >= 0.3 is 0 Å². The maximum Gasteiger partial charge on any atom is 0.144 e. The maximum atomic E-state index is 5.21. The molecule has 0 bridgehead atoms. The lowest BCUT2D eigenvalue weighted by atomic mass is 10.2. The van der Waals surface area contributed by atoms with Crippen LogP contribution in [0.3, 0.4) is 0 Å². The first kappa shape index (κ1) is 13.7. The lowest BCUT2D eigenvalue weighted by Crippen LogP contribution is -2.19. The Balaban J connectivity index is 2.28. The van der Waals surface area contributed by atoms with Crippen molar-refractivity contribution >= 4 is 6.08 Å². The summed E-state index contributed by atoms with van der Waals surface area (Å²) in [5.41, 5.74) is 0.867. The first-order valence-electron chi connectivity index (χ1n) is 5.73. The minimum absolute atomic E-state index is 0.748. The number of nitrogens with zero attached hydrogens (tertiary/aromatic N) is 1. The van der Waals surface area contributed by atoms with Gasteiger partial charge in [-0.1, -0.05) is 6.08 Å². The van der Waals surface area contributed by atoms with Crippen molar-refractivity contribution in [1.82, 2.24) is 10.3 Å². The van der Waals surface area contributed by atoms with Crippen molar-refractivity contribution in [2.75, 3.05) is 33.9 Å². The molecule has 17 heavy (non-hydrogen) atoms. The van der Waals surface area contributed by atoms with Gasteiger partial charge in [0.1, 0.15) is 11.4 Å². The molecule has 1 aromatic heterocycles. The van der Waals surface area contributed by atoms with Crippen LogP contribution in [0.1, 0.15) is 12.1 Å². The zero-order chi connectivity index (χ0) is 12.3. The van der Waals surface area contributed by atoms with E-state index in [-0.39, 0.29) is 0 Å². The molecule has 0 aliphatic carbocycles. The molecule has 1 rings (SSSR count). The van der Waals surface area contributed by atoms with Crippen LogP contribution in [0.5, 0.6) is 5.75 Å². The molecule has 0 saturated carbocycles. The molecular formula is C13H20N2O2. The fraction of sp³-hybridized carbons (Fsp3) is 0.462. The van der Waals surface area contributed by atoms with E-state index < -0.39 is 0 Å². The Kier molecular flexibility index (Phi) is 7.02. The largest absolute Gasteiger partial charge is 0.494 e. The topological polar surface area (TPSA) is 43.4 Å². The van der Waals surface area contributed by atoms with Gasteiger partial charge in [-0.3, -0.25) is 4.98 Å². The number of ether oxygens (including phenoxy) is 2. The van der Waals surface area contributed by atoms with Crippen LogP contribution >= 0.6 is 0 Å². The van der Waals surface area contributed by atoms with Crippen LogP contribution in [0.4, 0.5) is 0 Å². The Bertz CT molecular complexity index is 340. The summed E-state index contributed by atoms with van der Waals surface area (Å²) in [4.78, 5) is 4.24. The minimum atomic E-state index is 0.748. The van der Waals surface area contributed by atoms with Gasteiger partial charge in [-0.25, -0.2) is 0 Å². The lowest BCUT2D eigenvalue weighted by Gasteiger charge is -2.03. The minimum Gasteiger partial charge on any atom is -0.494 e. The molecule has 0 aliphatic heterocycles. The molecule has 1 N–H and O–H groups in total. The molecule has 0 amide bonds. The molecule has 1 heterocycles. The second kappa shape index (κ2) is 8.73. The van der Waals surface area contributed by atoms with Crippen molar-refractivity contribution in [3.63, 3.8) is 0 Å². The van der Waals surface area contributed by atoms with Crippen molar-refractivity contribution in [3.05, 3.63) is 30.1 Å². The Labute approximate surface area is 103 Å². The number of pyridine rings is 1. The Morgan fingerprint density at radius 1 is 1.35 bits per heavy atom. The predicted molar refractivity (Wildman–Crippen MR) is 69.2 cm³/mol. The van der Waals surface area contributed by atoms with Crippen LogP contribution in [-0.2, 0) is 4.74 Å². The number of nitrogens with one attached hydrogen (secondary N) is 1. The van der Waals surface area contributed by atoms with E-state index in [2.05, 4.69) is 16.4 Å². The van der Waals surface area contributed by atoms with Gasteiger partial charge in [0.15, 0.2) is 0 Å². The molecule has 0 radical (unpaired) electrons. The van der Waals surface area contributed by atoms with Gasteiger partial charge in [-0.15, -0.1) is 0 Å². The van der Waals surface area contributed by atoms with Crippen LogP contribution < -0.4 is 10.1 Å². The van der Waals surface area contributed by atoms with Crippen molar-refractivity contribution in [3.8, 4) is 5.75 Å². The van der Waals surface area contributed by atoms with Gasteiger partial charge < -0.3 is 14.8 Å². The Morgan fingerprint density at radius 2 is 2.24 bits per heavy atom. The Morgan fingerprint density at radius 3 is 3.00 bits per heavy atom. The van der Waals surface area contributed by atoms with Gasteiger partial charge in [0.25, 0.3) is 0 Å². The lowest BCUT2D eigenvalue weighted by molar-refractivity contribution is 0.199. The van der Waals surface area contributed by atoms with Crippen LogP contribution in [-0.4, -0.2) is 38.9 Å². The van der Waals surface area contributed by atoms with E-state index in [0.717, 1.165) is 37.6 Å². The smallest absolute Gasteiger partial charge is 0.144 e. The van der Waals surface area contributed by atoms with Crippen LogP contribution in [0.15, 0.2) is 24.4 Å². The second-order valence-corrected chi connectivity index (χ2v) is 3.52. The highest BCUT2D eigenvalue weighted by molar-refractivity contribution is 5.52. The second-order valence-electron chi connectivity index (χ2n) is 3.52. The summed E-state index contributed by atoms with van der Waals surface area (Å²) in [5, 5.41) is 3.27. The number of hydrogen-bond acceptors (Lipinski definition) is 4. The van der Waals surface area contributed by atoms with E-state index in [0.29, 0.717) is 0 Å².